The van der Waals surface area contributed by atoms with Crippen LogP contribution in [0.2, 0.25) is 0 Å². The molecule has 0 aliphatic carbocycles. The van der Waals surface area contributed by atoms with E-state index in [-0.39, 0.29) is 5.75 Å². The molecule has 3 aromatic carbocycles. The lowest BCUT2D eigenvalue weighted by Gasteiger charge is -2.08. The predicted molar refractivity (Wildman–Crippen MR) is 96.1 cm³/mol. The van der Waals surface area contributed by atoms with Crippen molar-refractivity contribution in [3.63, 3.8) is 0 Å². The van der Waals surface area contributed by atoms with Gasteiger partial charge in [-0.3, -0.25) is 20.2 Å². The molecule has 26 heavy (non-hydrogen) atoms. The first-order valence-electron chi connectivity index (χ1n) is 7.51. The van der Waals surface area contributed by atoms with E-state index in [4.69, 9.17) is 10.5 Å². The summed E-state index contributed by atoms with van der Waals surface area (Å²) >= 11 is 0. The second-order valence-electron chi connectivity index (χ2n) is 5.41. The van der Waals surface area contributed by atoms with Gasteiger partial charge < -0.3 is 10.5 Å². The van der Waals surface area contributed by atoms with Crippen molar-refractivity contribution >= 4 is 17.1 Å². The Balaban J connectivity index is 1.89. The Morgan fingerprint density at radius 3 is 1.88 bits per heavy atom. The fourth-order valence-electron chi connectivity index (χ4n) is 2.44. The standard InChI is InChI=1S/C18H13N3O5/c19-18-4-2-1-3-17(18)12-5-7-15(8-6-12)26-16-10-13(20(22)23)9-14(11-16)21(24)25/h1-11H,19H2. The van der Waals surface area contributed by atoms with Crippen LogP contribution in [0.25, 0.3) is 11.1 Å². The van der Waals surface area contributed by atoms with Gasteiger partial charge in [0, 0.05) is 11.3 Å². The Morgan fingerprint density at radius 1 is 0.769 bits per heavy atom. The fraction of sp³-hybridized carbons (Fsp3) is 0. The van der Waals surface area contributed by atoms with Crippen LogP contribution < -0.4 is 10.5 Å². The molecule has 2 N–H and O–H groups in total. The molecule has 0 heterocycles. The molecule has 0 bridgehead atoms. The molecule has 0 atom stereocenters. The van der Waals surface area contributed by atoms with Crippen molar-refractivity contribution < 1.29 is 14.6 Å². The van der Waals surface area contributed by atoms with Gasteiger partial charge in [-0.1, -0.05) is 30.3 Å². The molecule has 0 amide bonds. The summed E-state index contributed by atoms with van der Waals surface area (Å²) in [5.74, 6) is 0.399. The molecule has 0 aromatic heterocycles. The Kier molecular flexibility index (Phi) is 4.48. The van der Waals surface area contributed by atoms with Crippen molar-refractivity contribution in [3.05, 3.63) is 87.0 Å². The van der Waals surface area contributed by atoms with E-state index in [0.29, 0.717) is 11.4 Å². The number of hydrogen-bond donors (Lipinski definition) is 1. The van der Waals surface area contributed by atoms with Gasteiger partial charge in [0.2, 0.25) is 0 Å². The number of rotatable bonds is 5. The second kappa shape index (κ2) is 6.89. The van der Waals surface area contributed by atoms with Crippen molar-refractivity contribution in [1.29, 1.82) is 0 Å². The first-order chi connectivity index (χ1) is 12.4. The van der Waals surface area contributed by atoms with Crippen LogP contribution >= 0.6 is 0 Å². The molecule has 130 valence electrons. The third kappa shape index (κ3) is 3.59. The maximum Gasteiger partial charge on any atom is 0.280 e. The van der Waals surface area contributed by atoms with Crippen molar-refractivity contribution in [2.24, 2.45) is 0 Å². The number of nitrogens with zero attached hydrogens (tertiary/aromatic N) is 2. The summed E-state index contributed by atoms with van der Waals surface area (Å²) in [6, 6.07) is 17.4. The summed E-state index contributed by atoms with van der Waals surface area (Å²) in [5.41, 5.74) is 7.49. The quantitative estimate of drug-likeness (QED) is 0.409. The van der Waals surface area contributed by atoms with Gasteiger partial charge in [0.05, 0.1) is 28.0 Å². The van der Waals surface area contributed by atoms with Crippen molar-refractivity contribution in [1.82, 2.24) is 0 Å². The average molecular weight is 351 g/mol. The largest absolute Gasteiger partial charge is 0.457 e. The van der Waals surface area contributed by atoms with E-state index in [2.05, 4.69) is 0 Å². The van der Waals surface area contributed by atoms with Gasteiger partial charge in [0.15, 0.2) is 0 Å². The van der Waals surface area contributed by atoms with Gasteiger partial charge in [-0.2, -0.15) is 0 Å². The Hall–Kier alpha value is -3.94. The molecule has 8 nitrogen and oxygen atoms in total. The summed E-state index contributed by atoms with van der Waals surface area (Å²) in [4.78, 5) is 20.4. The number of nitro benzene ring substituents is 2. The maximum atomic E-state index is 10.9. The van der Waals surface area contributed by atoms with Gasteiger partial charge >= 0.3 is 0 Å². The van der Waals surface area contributed by atoms with Gasteiger partial charge in [0.25, 0.3) is 11.4 Å². The number of ether oxygens (including phenoxy) is 1. The molecule has 0 aliphatic rings. The normalized spacial score (nSPS) is 10.3. The molecule has 0 spiro atoms. The van der Waals surface area contributed by atoms with Crippen molar-refractivity contribution in [2.75, 3.05) is 5.73 Å². The topological polar surface area (TPSA) is 122 Å². The molecule has 0 radical (unpaired) electrons. The highest BCUT2D eigenvalue weighted by atomic mass is 16.6. The molecule has 0 saturated heterocycles. The predicted octanol–water partition coefficient (Wildman–Crippen LogP) is 4.54. The smallest absolute Gasteiger partial charge is 0.280 e. The summed E-state index contributed by atoms with van der Waals surface area (Å²) in [6.07, 6.45) is 0. The van der Waals surface area contributed by atoms with E-state index in [9.17, 15) is 20.2 Å². The number of nitrogens with two attached hydrogens (primary N) is 1. The molecule has 0 aliphatic heterocycles. The molecule has 0 saturated carbocycles. The molecule has 8 heteroatoms. The summed E-state index contributed by atoms with van der Waals surface area (Å²) < 4.78 is 5.54. The number of nitrogen functional groups attached to an aromatic ring is 1. The third-order valence-corrected chi connectivity index (χ3v) is 3.66. The minimum Gasteiger partial charge on any atom is -0.457 e. The van der Waals surface area contributed by atoms with E-state index in [0.717, 1.165) is 29.3 Å². The lowest BCUT2D eigenvalue weighted by atomic mass is 10.0. The van der Waals surface area contributed by atoms with Crippen LogP contribution in [0.1, 0.15) is 0 Å². The third-order valence-electron chi connectivity index (χ3n) is 3.66. The summed E-state index contributed by atoms with van der Waals surface area (Å²) in [7, 11) is 0. The lowest BCUT2D eigenvalue weighted by Crippen LogP contribution is -1.94. The fourth-order valence-corrected chi connectivity index (χ4v) is 2.44. The molecular weight excluding hydrogens is 338 g/mol. The number of anilines is 1. The van der Waals surface area contributed by atoms with Crippen LogP contribution in [0, 0.1) is 20.2 Å². The Labute approximate surface area is 147 Å². The van der Waals surface area contributed by atoms with Crippen LogP contribution in [-0.2, 0) is 0 Å². The maximum absolute atomic E-state index is 10.9. The minimum atomic E-state index is -0.707. The van der Waals surface area contributed by atoms with E-state index >= 15 is 0 Å². The van der Waals surface area contributed by atoms with Gasteiger partial charge in [-0.15, -0.1) is 0 Å². The highest BCUT2D eigenvalue weighted by Gasteiger charge is 2.17. The highest BCUT2D eigenvalue weighted by molar-refractivity contribution is 5.76. The number of nitro groups is 2. The monoisotopic (exact) mass is 351 g/mol. The second-order valence-corrected chi connectivity index (χ2v) is 5.41. The van der Waals surface area contributed by atoms with E-state index in [1.807, 2.05) is 18.2 Å². The number of benzene rings is 3. The molecule has 3 aromatic rings. The Bertz CT molecular complexity index is 954. The average Bonchev–Trinajstić information content (AvgIpc) is 2.62. The Morgan fingerprint density at radius 2 is 1.35 bits per heavy atom. The zero-order chi connectivity index (χ0) is 18.7. The van der Waals surface area contributed by atoms with Crippen molar-refractivity contribution in [3.8, 4) is 22.6 Å². The van der Waals surface area contributed by atoms with Crippen LogP contribution in [-0.4, -0.2) is 9.85 Å². The molecule has 3 rings (SSSR count). The van der Waals surface area contributed by atoms with Gasteiger partial charge in [0.1, 0.15) is 11.5 Å². The van der Waals surface area contributed by atoms with E-state index in [1.54, 1.807) is 30.3 Å². The minimum absolute atomic E-state index is 0.0119. The molecule has 0 fully saturated rings. The highest BCUT2D eigenvalue weighted by Crippen LogP contribution is 2.32. The van der Waals surface area contributed by atoms with E-state index < -0.39 is 21.2 Å². The van der Waals surface area contributed by atoms with Crippen LogP contribution in [0.15, 0.2) is 66.7 Å². The van der Waals surface area contributed by atoms with Crippen molar-refractivity contribution in [2.45, 2.75) is 0 Å². The van der Waals surface area contributed by atoms with Crippen LogP contribution in [0.3, 0.4) is 0 Å². The lowest BCUT2D eigenvalue weighted by molar-refractivity contribution is -0.394. The van der Waals surface area contributed by atoms with Crippen LogP contribution in [0.5, 0.6) is 11.5 Å². The number of hydrogen-bond acceptors (Lipinski definition) is 6. The SMILES string of the molecule is Nc1ccccc1-c1ccc(Oc2cc([N+](=O)[O-])cc([N+](=O)[O-])c2)cc1. The van der Waals surface area contributed by atoms with Gasteiger partial charge in [-0.05, 0) is 23.8 Å². The summed E-state index contributed by atoms with van der Waals surface area (Å²) in [5, 5.41) is 21.9. The van der Waals surface area contributed by atoms with Gasteiger partial charge in [-0.25, -0.2) is 0 Å². The van der Waals surface area contributed by atoms with E-state index in [1.165, 1.54) is 0 Å². The molecular formula is C18H13N3O5. The molecule has 0 unspecified atom stereocenters. The first kappa shape index (κ1) is 16.9. The zero-order valence-corrected chi connectivity index (χ0v) is 13.4. The first-order valence-corrected chi connectivity index (χ1v) is 7.51. The zero-order valence-electron chi connectivity index (χ0n) is 13.4. The number of para-hydroxylation sites is 1. The summed E-state index contributed by atoms with van der Waals surface area (Å²) in [6.45, 7) is 0. The van der Waals surface area contributed by atoms with Crippen LogP contribution in [0.4, 0.5) is 17.1 Å². The number of non-ortho nitro benzene ring substituents is 2.